The Morgan fingerprint density at radius 3 is 2.33 bits per heavy atom. The van der Waals surface area contributed by atoms with E-state index < -0.39 is 5.60 Å². The highest BCUT2D eigenvalue weighted by Crippen LogP contribution is 2.53. The van der Waals surface area contributed by atoms with Crippen LogP contribution < -0.4 is 4.90 Å². The molecule has 0 amide bonds. The van der Waals surface area contributed by atoms with Gasteiger partial charge in [-0.25, -0.2) is 4.79 Å². The normalized spacial score (nSPS) is 18.6. The molecule has 0 saturated carbocycles. The number of anilines is 1. The third-order valence-electron chi connectivity index (χ3n) is 8.48. The molecular weight excluding hydrogens is 496 g/mol. The van der Waals surface area contributed by atoms with Crippen LogP contribution in [0.4, 0.5) is 5.69 Å². The maximum Gasteiger partial charge on any atom is 0.340 e. The van der Waals surface area contributed by atoms with E-state index in [1.54, 1.807) is 0 Å². The van der Waals surface area contributed by atoms with Gasteiger partial charge in [-0.3, -0.25) is 0 Å². The first-order chi connectivity index (χ1) is 19.6. The number of benzene rings is 3. The second-order valence-electron chi connectivity index (χ2n) is 10.6. The number of cyclic esters (lactones) is 1. The molecule has 1 fully saturated rings. The smallest absolute Gasteiger partial charge is 0.340 e. The zero-order valence-corrected chi connectivity index (χ0v) is 22.9. The molecule has 2 aliphatic rings. The monoisotopic (exact) mass is 528 g/mol. The molecule has 1 saturated heterocycles. The molecule has 3 aromatic carbocycles. The molecule has 2 aromatic heterocycles. The van der Waals surface area contributed by atoms with E-state index in [4.69, 9.17) is 9.47 Å². The summed E-state index contributed by atoms with van der Waals surface area (Å²) in [6, 6.07) is 31.2. The Balaban J connectivity index is 1.54. The van der Waals surface area contributed by atoms with Crippen LogP contribution >= 0.6 is 0 Å². The van der Waals surface area contributed by atoms with Crippen molar-refractivity contribution < 1.29 is 14.3 Å². The van der Waals surface area contributed by atoms with Crippen molar-refractivity contribution in [3.05, 3.63) is 131 Å². The van der Waals surface area contributed by atoms with E-state index in [2.05, 4.69) is 90.0 Å². The topological polar surface area (TPSA) is 43.2 Å². The molecule has 0 spiro atoms. The van der Waals surface area contributed by atoms with E-state index in [1.807, 2.05) is 30.3 Å². The lowest BCUT2D eigenvalue weighted by Crippen LogP contribution is -2.36. The molecule has 1 atom stereocenters. The Morgan fingerprint density at radius 2 is 1.57 bits per heavy atom. The Kier molecular flexibility index (Phi) is 5.97. The zero-order valence-electron chi connectivity index (χ0n) is 22.9. The van der Waals surface area contributed by atoms with E-state index in [1.165, 1.54) is 5.56 Å². The summed E-state index contributed by atoms with van der Waals surface area (Å²) in [6.45, 7) is 7.52. The minimum atomic E-state index is -1.10. The second-order valence-corrected chi connectivity index (χ2v) is 10.6. The van der Waals surface area contributed by atoms with Crippen molar-refractivity contribution >= 4 is 17.2 Å². The fraction of sp³-hybridized carbons (Fsp3) is 0.229. The highest BCUT2D eigenvalue weighted by atomic mass is 16.6. The van der Waals surface area contributed by atoms with Crippen molar-refractivity contribution in [1.29, 1.82) is 0 Å². The molecule has 0 aliphatic carbocycles. The molecule has 5 nitrogen and oxygen atoms in total. The molecule has 5 aromatic rings. The number of carbonyl (C=O) groups is 1. The van der Waals surface area contributed by atoms with Gasteiger partial charge in [0.1, 0.15) is 0 Å². The van der Waals surface area contributed by atoms with Crippen molar-refractivity contribution in [3.8, 4) is 11.1 Å². The molecule has 40 heavy (non-hydrogen) atoms. The molecule has 5 heteroatoms. The van der Waals surface area contributed by atoms with Gasteiger partial charge < -0.3 is 18.8 Å². The van der Waals surface area contributed by atoms with Gasteiger partial charge >= 0.3 is 5.97 Å². The number of pyridine rings is 1. The molecule has 200 valence electrons. The van der Waals surface area contributed by atoms with E-state index in [0.717, 1.165) is 77.4 Å². The van der Waals surface area contributed by atoms with Gasteiger partial charge in [0.2, 0.25) is 0 Å². The Morgan fingerprint density at radius 1 is 0.850 bits per heavy atom. The molecular formula is C35H32N2O3. The van der Waals surface area contributed by atoms with E-state index >= 15 is 0 Å². The average Bonchev–Trinajstić information content (AvgIpc) is 3.49. The number of morpholine rings is 1. The molecule has 0 N–H and O–H groups in total. The van der Waals surface area contributed by atoms with Gasteiger partial charge in [-0.2, -0.15) is 0 Å². The van der Waals surface area contributed by atoms with Crippen molar-refractivity contribution in [2.75, 3.05) is 31.2 Å². The van der Waals surface area contributed by atoms with E-state index in [-0.39, 0.29) is 5.97 Å². The fourth-order valence-corrected chi connectivity index (χ4v) is 6.47. The first-order valence-electron chi connectivity index (χ1n) is 14.1. The highest BCUT2D eigenvalue weighted by molar-refractivity contribution is 5.98. The summed E-state index contributed by atoms with van der Waals surface area (Å²) in [5.41, 5.74) is 9.07. The third-order valence-corrected chi connectivity index (χ3v) is 8.48. The predicted molar refractivity (Wildman–Crippen MR) is 158 cm³/mol. The van der Waals surface area contributed by atoms with Gasteiger partial charge in [0.15, 0.2) is 5.60 Å². The third kappa shape index (κ3) is 3.69. The van der Waals surface area contributed by atoms with Gasteiger partial charge in [0, 0.05) is 52.9 Å². The number of aromatic nitrogens is 1. The predicted octanol–water partition coefficient (Wildman–Crippen LogP) is 6.78. The largest absolute Gasteiger partial charge is 0.440 e. The summed E-state index contributed by atoms with van der Waals surface area (Å²) in [7, 11) is 0. The van der Waals surface area contributed by atoms with E-state index in [0.29, 0.717) is 5.56 Å². The van der Waals surface area contributed by atoms with Gasteiger partial charge in [-0.05, 0) is 48.7 Å². The summed E-state index contributed by atoms with van der Waals surface area (Å²) in [5.74, 6) is -0.297. The van der Waals surface area contributed by atoms with Crippen molar-refractivity contribution in [3.63, 3.8) is 0 Å². The number of hydrogen-bond donors (Lipinski definition) is 0. The summed E-state index contributed by atoms with van der Waals surface area (Å²) < 4.78 is 14.5. The van der Waals surface area contributed by atoms with Crippen LogP contribution in [0.15, 0.2) is 97.2 Å². The molecule has 2 aliphatic heterocycles. The van der Waals surface area contributed by atoms with Gasteiger partial charge in [-0.15, -0.1) is 0 Å². The molecule has 0 radical (unpaired) electrons. The maximum atomic E-state index is 13.6. The van der Waals surface area contributed by atoms with Gasteiger partial charge in [0.25, 0.3) is 0 Å². The lowest BCUT2D eigenvalue weighted by atomic mass is 9.77. The molecule has 7 rings (SSSR count). The van der Waals surface area contributed by atoms with Crippen LogP contribution in [0.1, 0.15) is 45.2 Å². The van der Waals surface area contributed by atoms with Crippen LogP contribution in [0.2, 0.25) is 0 Å². The SMILES string of the molecule is CCc1ccc2c(C3(c4ccc(N5CCOCC5)cc4)OC(=O)c4ccccc43)c(-c3ccccc3)c(C)n2c1. The minimum absolute atomic E-state index is 0.297. The zero-order chi connectivity index (χ0) is 27.3. The average molecular weight is 529 g/mol. The quantitative estimate of drug-likeness (QED) is 0.236. The highest BCUT2D eigenvalue weighted by Gasteiger charge is 2.51. The molecule has 1 unspecified atom stereocenters. The van der Waals surface area contributed by atoms with Gasteiger partial charge in [0.05, 0.1) is 24.3 Å². The first-order valence-corrected chi connectivity index (χ1v) is 14.1. The van der Waals surface area contributed by atoms with Crippen molar-refractivity contribution in [2.45, 2.75) is 25.9 Å². The number of aryl methyl sites for hydroxylation is 2. The van der Waals surface area contributed by atoms with Crippen LogP contribution in [0.3, 0.4) is 0 Å². The van der Waals surface area contributed by atoms with Gasteiger partial charge in [-0.1, -0.05) is 73.7 Å². The number of ether oxygens (including phenoxy) is 2. The van der Waals surface area contributed by atoms with E-state index in [9.17, 15) is 4.79 Å². The number of esters is 1. The van der Waals surface area contributed by atoms with Crippen LogP contribution in [0.25, 0.3) is 16.6 Å². The fourth-order valence-electron chi connectivity index (χ4n) is 6.47. The lowest BCUT2D eigenvalue weighted by molar-refractivity contribution is 0.0257. The Bertz CT molecular complexity index is 1720. The first kappa shape index (κ1) is 24.7. The summed E-state index contributed by atoms with van der Waals surface area (Å²) in [4.78, 5) is 15.9. The number of fused-ring (bicyclic) bond motifs is 2. The minimum Gasteiger partial charge on any atom is -0.440 e. The van der Waals surface area contributed by atoms with Crippen LogP contribution in [0, 0.1) is 6.92 Å². The van der Waals surface area contributed by atoms with Crippen molar-refractivity contribution in [2.24, 2.45) is 0 Å². The second kappa shape index (κ2) is 9.68. The Labute approximate surface area is 234 Å². The number of carbonyl (C=O) groups excluding carboxylic acids is 1. The standard InChI is InChI=1S/C35H32N2O3/c1-3-25-13-18-31-33(32(24(2)37(31)23-25)26-9-5-4-6-10-26)35(30-12-8-7-11-29(30)34(38)40-35)27-14-16-28(17-15-27)36-19-21-39-22-20-36/h4-18,23H,3,19-22H2,1-2H3. The number of hydrogen-bond acceptors (Lipinski definition) is 4. The van der Waals surface area contributed by atoms with Crippen molar-refractivity contribution in [1.82, 2.24) is 4.40 Å². The summed E-state index contributed by atoms with van der Waals surface area (Å²) in [5, 5.41) is 0. The Hall–Kier alpha value is -4.35. The summed E-state index contributed by atoms with van der Waals surface area (Å²) in [6.07, 6.45) is 3.16. The number of rotatable bonds is 5. The van der Waals surface area contributed by atoms with Crippen LogP contribution in [-0.2, 0) is 21.5 Å². The molecule has 0 bridgehead atoms. The van der Waals surface area contributed by atoms with Crippen LogP contribution in [0.5, 0.6) is 0 Å². The maximum absolute atomic E-state index is 13.6. The lowest BCUT2D eigenvalue weighted by Gasteiger charge is -2.33. The van der Waals surface area contributed by atoms with Crippen LogP contribution in [-0.4, -0.2) is 36.7 Å². The summed E-state index contributed by atoms with van der Waals surface area (Å²) >= 11 is 0. The number of nitrogens with zero attached hydrogens (tertiary/aromatic N) is 2. The molecule has 4 heterocycles.